The predicted molar refractivity (Wildman–Crippen MR) is 78.3 cm³/mol. The maximum absolute atomic E-state index is 12.0. The highest BCUT2D eigenvalue weighted by molar-refractivity contribution is 6.00. The minimum atomic E-state index is -0.652. The Hall–Kier alpha value is -2.41. The number of carbonyl (C=O) groups excluding carboxylic acids is 3. The molecular weight excluding hydrogens is 288 g/mol. The number of imide groups is 1. The topological polar surface area (TPSA) is 95.9 Å². The van der Waals surface area contributed by atoms with Gasteiger partial charge in [0.2, 0.25) is 5.91 Å². The third kappa shape index (κ3) is 3.82. The number of esters is 1. The Morgan fingerprint density at radius 1 is 1.32 bits per heavy atom. The van der Waals surface area contributed by atoms with E-state index in [1.165, 1.54) is 0 Å². The number of para-hydroxylation sites is 1. The maximum atomic E-state index is 12.0. The molecule has 1 aromatic rings. The number of amides is 2. The number of aliphatic hydroxyl groups is 1. The van der Waals surface area contributed by atoms with Gasteiger partial charge in [-0.1, -0.05) is 12.1 Å². The fourth-order valence-electron chi connectivity index (χ4n) is 2.20. The normalized spacial score (nSPS) is 14.0. The Morgan fingerprint density at radius 2 is 2.09 bits per heavy atom. The first-order valence-electron chi connectivity index (χ1n) is 7.07. The van der Waals surface area contributed by atoms with E-state index in [-0.39, 0.29) is 18.1 Å². The van der Waals surface area contributed by atoms with Gasteiger partial charge in [0.1, 0.15) is 0 Å². The first-order chi connectivity index (χ1) is 10.6. The zero-order valence-corrected chi connectivity index (χ0v) is 12.1. The summed E-state index contributed by atoms with van der Waals surface area (Å²) in [7, 11) is 0. The molecule has 7 heteroatoms. The van der Waals surface area contributed by atoms with Crippen LogP contribution in [0.15, 0.2) is 24.3 Å². The molecule has 2 amide bonds. The first kappa shape index (κ1) is 16.0. The van der Waals surface area contributed by atoms with Crippen molar-refractivity contribution < 1.29 is 24.2 Å². The van der Waals surface area contributed by atoms with Gasteiger partial charge in [0.05, 0.1) is 12.2 Å². The van der Waals surface area contributed by atoms with Crippen LogP contribution >= 0.6 is 0 Å². The van der Waals surface area contributed by atoms with Gasteiger partial charge in [0, 0.05) is 25.2 Å². The molecule has 1 aliphatic rings. The van der Waals surface area contributed by atoms with Gasteiger partial charge in [-0.2, -0.15) is 0 Å². The lowest BCUT2D eigenvalue weighted by Crippen LogP contribution is -2.35. The molecule has 118 valence electrons. The second-order valence-corrected chi connectivity index (χ2v) is 4.81. The van der Waals surface area contributed by atoms with Crippen LogP contribution in [0.1, 0.15) is 23.2 Å². The highest BCUT2D eigenvalue weighted by Crippen LogP contribution is 2.16. The Bertz CT molecular complexity index is 573. The summed E-state index contributed by atoms with van der Waals surface area (Å²) in [5.74, 6) is -1.39. The molecule has 0 atom stereocenters. The number of hydrogen-bond acceptors (Lipinski definition) is 6. The third-order valence-electron chi connectivity index (χ3n) is 3.28. The number of ether oxygens (including phenoxy) is 1. The quantitative estimate of drug-likeness (QED) is 0.738. The first-order valence-corrected chi connectivity index (χ1v) is 7.07. The van der Waals surface area contributed by atoms with Crippen LogP contribution < -0.4 is 5.32 Å². The minimum absolute atomic E-state index is 0.0705. The Balaban J connectivity index is 1.94. The lowest BCUT2D eigenvalue weighted by atomic mass is 10.2. The second-order valence-electron chi connectivity index (χ2n) is 4.81. The van der Waals surface area contributed by atoms with Gasteiger partial charge >= 0.3 is 5.97 Å². The van der Waals surface area contributed by atoms with Crippen molar-refractivity contribution in [2.24, 2.45) is 0 Å². The molecule has 0 aliphatic carbocycles. The standard InChI is InChI=1S/C15H18N2O5/c18-9-7-16-12-5-2-1-4-11(12)15(21)22-10-14(20)17-8-3-6-13(17)19/h1-2,4-5,16,18H,3,6-10H2. The highest BCUT2D eigenvalue weighted by atomic mass is 16.5. The largest absolute Gasteiger partial charge is 0.452 e. The fourth-order valence-corrected chi connectivity index (χ4v) is 2.20. The van der Waals surface area contributed by atoms with Gasteiger partial charge in [-0.25, -0.2) is 4.79 Å². The second kappa shape index (κ2) is 7.56. The van der Waals surface area contributed by atoms with Crippen molar-refractivity contribution in [3.8, 4) is 0 Å². The lowest BCUT2D eigenvalue weighted by molar-refractivity contribution is -0.143. The highest BCUT2D eigenvalue weighted by Gasteiger charge is 2.27. The van der Waals surface area contributed by atoms with Crippen LogP contribution in [-0.4, -0.2) is 54.1 Å². The van der Waals surface area contributed by atoms with Crippen LogP contribution in [0.3, 0.4) is 0 Å². The summed E-state index contributed by atoms with van der Waals surface area (Å²) >= 11 is 0. The van der Waals surface area contributed by atoms with Gasteiger partial charge < -0.3 is 15.2 Å². The third-order valence-corrected chi connectivity index (χ3v) is 3.28. The number of aliphatic hydroxyl groups excluding tert-OH is 1. The van der Waals surface area contributed by atoms with Crippen LogP contribution in [0.2, 0.25) is 0 Å². The minimum Gasteiger partial charge on any atom is -0.452 e. The van der Waals surface area contributed by atoms with E-state index < -0.39 is 18.5 Å². The molecule has 0 aromatic heterocycles. The molecule has 2 rings (SSSR count). The molecule has 7 nitrogen and oxygen atoms in total. The van der Waals surface area contributed by atoms with Gasteiger partial charge in [-0.05, 0) is 18.6 Å². The van der Waals surface area contributed by atoms with Crippen molar-refractivity contribution in [1.82, 2.24) is 4.90 Å². The van der Waals surface area contributed by atoms with Gasteiger partial charge in [-0.15, -0.1) is 0 Å². The Kier molecular flexibility index (Phi) is 5.48. The van der Waals surface area contributed by atoms with Crippen LogP contribution in [0, 0.1) is 0 Å². The van der Waals surface area contributed by atoms with Gasteiger partial charge in [0.15, 0.2) is 6.61 Å². The molecule has 1 aromatic carbocycles. The molecule has 1 heterocycles. The van der Waals surface area contributed by atoms with Crippen molar-refractivity contribution in [1.29, 1.82) is 0 Å². The zero-order chi connectivity index (χ0) is 15.9. The van der Waals surface area contributed by atoms with Crippen molar-refractivity contribution in [2.75, 3.05) is 31.6 Å². The molecule has 0 unspecified atom stereocenters. The summed E-state index contributed by atoms with van der Waals surface area (Å²) in [6.45, 7) is 0.146. The van der Waals surface area contributed by atoms with Crippen molar-refractivity contribution in [2.45, 2.75) is 12.8 Å². The van der Waals surface area contributed by atoms with Crippen LogP contribution in [0.4, 0.5) is 5.69 Å². The molecule has 22 heavy (non-hydrogen) atoms. The fraction of sp³-hybridized carbons (Fsp3) is 0.400. The SMILES string of the molecule is O=C(OCC(=O)N1CCCC1=O)c1ccccc1NCCO. The van der Waals surface area contributed by atoms with Crippen LogP contribution in [-0.2, 0) is 14.3 Å². The molecule has 2 N–H and O–H groups in total. The summed E-state index contributed by atoms with van der Waals surface area (Å²) in [6, 6.07) is 6.66. The Labute approximate surface area is 127 Å². The predicted octanol–water partition coefficient (Wildman–Crippen LogP) is 0.397. The molecule has 0 spiro atoms. The summed E-state index contributed by atoms with van der Waals surface area (Å²) in [6.07, 6.45) is 1.00. The van der Waals surface area contributed by atoms with Gasteiger partial charge in [0.25, 0.3) is 5.91 Å². The maximum Gasteiger partial charge on any atom is 0.340 e. The smallest absolute Gasteiger partial charge is 0.340 e. The molecule has 1 fully saturated rings. The average molecular weight is 306 g/mol. The number of nitrogens with zero attached hydrogens (tertiary/aromatic N) is 1. The molecule has 0 radical (unpaired) electrons. The Morgan fingerprint density at radius 3 is 2.77 bits per heavy atom. The monoisotopic (exact) mass is 306 g/mol. The van der Waals surface area contributed by atoms with E-state index in [1.807, 2.05) is 0 Å². The molecule has 0 saturated carbocycles. The summed E-state index contributed by atoms with van der Waals surface area (Å²) in [5.41, 5.74) is 0.794. The molecule has 1 saturated heterocycles. The van der Waals surface area contributed by atoms with Crippen LogP contribution in [0.5, 0.6) is 0 Å². The molecule has 0 bridgehead atoms. The number of rotatable bonds is 6. The van der Waals surface area contributed by atoms with E-state index in [2.05, 4.69) is 5.32 Å². The zero-order valence-electron chi connectivity index (χ0n) is 12.1. The summed E-state index contributed by atoms with van der Waals surface area (Å²) in [4.78, 5) is 36.4. The van der Waals surface area contributed by atoms with Gasteiger partial charge in [-0.3, -0.25) is 14.5 Å². The number of hydrogen-bond donors (Lipinski definition) is 2. The van der Waals surface area contributed by atoms with E-state index in [4.69, 9.17) is 9.84 Å². The van der Waals surface area contributed by atoms with Crippen molar-refractivity contribution in [3.05, 3.63) is 29.8 Å². The van der Waals surface area contributed by atoms with E-state index in [0.29, 0.717) is 31.6 Å². The number of anilines is 1. The van der Waals surface area contributed by atoms with E-state index in [1.54, 1.807) is 24.3 Å². The van der Waals surface area contributed by atoms with Crippen LogP contribution in [0.25, 0.3) is 0 Å². The number of benzene rings is 1. The summed E-state index contributed by atoms with van der Waals surface area (Å²) < 4.78 is 4.99. The summed E-state index contributed by atoms with van der Waals surface area (Å²) in [5, 5.41) is 11.7. The van der Waals surface area contributed by atoms with Crippen molar-refractivity contribution in [3.63, 3.8) is 0 Å². The van der Waals surface area contributed by atoms with E-state index in [9.17, 15) is 14.4 Å². The molecule has 1 aliphatic heterocycles. The average Bonchev–Trinajstić information content (AvgIpc) is 2.96. The number of likely N-dealkylation sites (tertiary alicyclic amines) is 1. The molecular formula is C15H18N2O5. The van der Waals surface area contributed by atoms with E-state index in [0.717, 1.165) is 4.90 Å². The number of carbonyl (C=O) groups is 3. The number of nitrogens with one attached hydrogen (secondary N) is 1. The van der Waals surface area contributed by atoms with Crippen molar-refractivity contribution >= 4 is 23.5 Å². The van der Waals surface area contributed by atoms with E-state index >= 15 is 0 Å². The lowest BCUT2D eigenvalue weighted by Gasteiger charge is -2.14.